The fourth-order valence-electron chi connectivity index (χ4n) is 8.89. The molecule has 6 N–H and O–H groups in total. The number of hydrogen-bond acceptors (Lipinski definition) is 14. The number of nitrogens with zero attached hydrogens (tertiary/aromatic N) is 3. The Morgan fingerprint density at radius 3 is 2.38 bits per heavy atom. The Morgan fingerprint density at radius 1 is 0.855 bits per heavy atom. The summed E-state index contributed by atoms with van der Waals surface area (Å²) in [6.45, 7) is 1.48. The maximum absolute atomic E-state index is 13.3. The molecule has 21 heteroatoms. The van der Waals surface area contributed by atoms with Gasteiger partial charge in [0.25, 0.3) is 11.8 Å². The normalized spacial score (nSPS) is 20.4. The number of hydrogen-bond donors (Lipinski definition) is 6. The van der Waals surface area contributed by atoms with Crippen molar-refractivity contribution in [2.24, 2.45) is 5.92 Å². The van der Waals surface area contributed by atoms with Crippen molar-refractivity contribution in [2.75, 3.05) is 56.7 Å². The largest absolute Gasteiger partial charge is 0.476 e. The average molecular weight is 988 g/mol. The number of rotatable bonds is 24. The van der Waals surface area contributed by atoms with E-state index in [0.717, 1.165) is 85.0 Å². The van der Waals surface area contributed by atoms with E-state index in [1.54, 1.807) is 36.2 Å². The lowest BCUT2D eigenvalue weighted by Gasteiger charge is -2.27. The fraction of sp³-hybridized carbons (Fsp3) is 0.500. The summed E-state index contributed by atoms with van der Waals surface area (Å²) in [7, 11) is -3.36. The number of carbonyl (C=O) groups is 7. The predicted molar refractivity (Wildman–Crippen MR) is 259 cm³/mol. The number of imide groups is 2. The van der Waals surface area contributed by atoms with Crippen LogP contribution < -0.4 is 36.6 Å². The van der Waals surface area contributed by atoms with Gasteiger partial charge in [-0.1, -0.05) is 62.8 Å². The third-order valence-electron chi connectivity index (χ3n) is 12.6. The van der Waals surface area contributed by atoms with Crippen molar-refractivity contribution < 1.29 is 46.7 Å². The van der Waals surface area contributed by atoms with Crippen LogP contribution in [0.4, 0.5) is 5.69 Å². The summed E-state index contributed by atoms with van der Waals surface area (Å²) in [4.78, 5) is 93.3. The van der Waals surface area contributed by atoms with Crippen LogP contribution in [0.1, 0.15) is 109 Å². The molecule has 4 atom stereocenters. The number of anilines is 1. The minimum Gasteiger partial charge on any atom is -0.476 e. The number of carbonyl (C=O) groups excluding carboxylic acids is 7. The molecule has 3 aromatic rings. The molecule has 3 fully saturated rings. The first-order chi connectivity index (χ1) is 33.2. The Kier molecular flexibility index (Phi) is 17.8. The van der Waals surface area contributed by atoms with Crippen molar-refractivity contribution in [1.82, 2.24) is 40.8 Å². The number of nitrogens with one attached hydrogen (secondary N) is 6. The smallest absolute Gasteiger partial charge is 0.264 e. The van der Waals surface area contributed by atoms with Crippen molar-refractivity contribution >= 4 is 68.8 Å². The van der Waals surface area contributed by atoms with Crippen LogP contribution in [0.3, 0.4) is 0 Å². The number of unbranched alkanes of at least 4 members (excludes halogenated alkanes) is 7. The van der Waals surface area contributed by atoms with Gasteiger partial charge in [0.1, 0.15) is 18.1 Å². The van der Waals surface area contributed by atoms with E-state index in [-0.39, 0.29) is 72.9 Å². The van der Waals surface area contributed by atoms with Gasteiger partial charge in [-0.15, -0.1) is 11.8 Å². The molecular weight excluding hydrogens is 927 g/mol. The molecule has 0 saturated carbocycles. The molecule has 2 aromatic carbocycles. The van der Waals surface area contributed by atoms with Crippen LogP contribution in [-0.2, 0) is 34.0 Å². The van der Waals surface area contributed by atoms with Crippen molar-refractivity contribution in [3.05, 3.63) is 77.5 Å². The number of pyridine rings is 1. The summed E-state index contributed by atoms with van der Waals surface area (Å²) in [6.07, 6.45) is 11.8. The highest BCUT2D eigenvalue weighted by Gasteiger charge is 2.45. The quantitative estimate of drug-likeness (QED) is 0.0556. The van der Waals surface area contributed by atoms with Crippen molar-refractivity contribution in [3.8, 4) is 17.0 Å². The number of fused-ring (bicyclic) bond motifs is 1. The van der Waals surface area contributed by atoms with Crippen LogP contribution in [0.2, 0.25) is 0 Å². The zero-order chi connectivity index (χ0) is 48.9. The molecule has 4 aliphatic heterocycles. The molecular formula is C48H61N9O10S2. The zero-order valence-electron chi connectivity index (χ0n) is 38.8. The van der Waals surface area contributed by atoms with Gasteiger partial charge in [-0.2, -0.15) is 0 Å². The summed E-state index contributed by atoms with van der Waals surface area (Å²) in [5, 5.41) is 17.4. The van der Waals surface area contributed by atoms with Crippen molar-refractivity contribution in [3.63, 3.8) is 0 Å². The number of aromatic nitrogens is 1. The molecule has 5 heterocycles. The van der Waals surface area contributed by atoms with Crippen LogP contribution in [0, 0.1) is 5.92 Å². The zero-order valence-corrected chi connectivity index (χ0v) is 40.4. The summed E-state index contributed by atoms with van der Waals surface area (Å²) >= 11 is 1.55. The highest BCUT2D eigenvalue weighted by molar-refractivity contribution is 8.00. The van der Waals surface area contributed by atoms with Crippen LogP contribution in [-0.4, -0.2) is 127 Å². The molecule has 4 aliphatic rings. The maximum Gasteiger partial charge on any atom is 0.264 e. The molecule has 69 heavy (non-hydrogen) atoms. The Labute approximate surface area is 406 Å². The van der Waals surface area contributed by atoms with E-state index in [2.05, 4.69) is 43.0 Å². The molecule has 4 unspecified atom stereocenters. The second kappa shape index (κ2) is 24.1. The first kappa shape index (κ1) is 51.0. The topological polar surface area (TPSA) is 254 Å². The van der Waals surface area contributed by atoms with Gasteiger partial charge in [-0.25, -0.2) is 17.7 Å². The number of benzene rings is 2. The molecule has 1 aromatic heterocycles. The van der Waals surface area contributed by atoms with Gasteiger partial charge in [0.05, 0.1) is 36.4 Å². The lowest BCUT2D eigenvalue weighted by atomic mass is 10.0. The van der Waals surface area contributed by atoms with Gasteiger partial charge in [0, 0.05) is 62.2 Å². The standard InChI is InChI=1S/C48H61N9O10S2/c1-69(65,66)56-24-20-34(29-56)44(61)52-28-41(60)55-48-53-37(30-68-48)33-13-10-12-31(26-33)32-19-22-51-42(27-32)67-25-23-50-39(58)16-8-6-4-2-3-5-7-9-21-49-36-15-11-14-35-43(36)47(64)57(46(35)63)38-17-18-40(59)54-45(38)62/h10-15,19,22,26-27,34,37-38,48-49,53H,2-9,16-18,20-21,23-25,28-30H2,1H3,(H,50,58)(H,52,61)(H,55,60)(H,54,59,62). The monoisotopic (exact) mass is 987 g/mol. The van der Waals surface area contributed by atoms with E-state index in [1.165, 1.54) is 4.31 Å². The third-order valence-corrected chi connectivity index (χ3v) is 15.0. The molecule has 3 saturated heterocycles. The Balaban J connectivity index is 0.713. The number of sulfonamides is 1. The molecule has 19 nitrogen and oxygen atoms in total. The molecule has 370 valence electrons. The SMILES string of the molecule is CS(=O)(=O)N1CCC(C(=O)NCC(=O)NC2NC(c3cccc(-c4ccnc(OCCNC(=O)CCCCCCCCCCNc5cccc6c5C(=O)N(C5CCC(=O)NC5=O)C6=O)c4)c3)CS2)C1. The molecule has 0 radical (unpaired) electrons. The van der Waals surface area contributed by atoms with E-state index in [1.807, 2.05) is 30.3 Å². The number of thioether (sulfide) groups is 1. The number of ether oxygens (including phenoxy) is 1. The third kappa shape index (κ3) is 13.9. The minimum absolute atomic E-state index is 0.0141. The molecule has 7 amide bonds. The van der Waals surface area contributed by atoms with E-state index >= 15 is 0 Å². The first-order valence-electron chi connectivity index (χ1n) is 23.7. The van der Waals surface area contributed by atoms with Gasteiger partial charge >= 0.3 is 0 Å². The van der Waals surface area contributed by atoms with Crippen LogP contribution in [0.15, 0.2) is 60.8 Å². The van der Waals surface area contributed by atoms with E-state index in [0.29, 0.717) is 44.0 Å². The maximum atomic E-state index is 13.3. The second-order valence-electron chi connectivity index (χ2n) is 17.7. The second-order valence-corrected chi connectivity index (χ2v) is 20.8. The van der Waals surface area contributed by atoms with E-state index in [4.69, 9.17) is 4.74 Å². The Hall–Kier alpha value is -5.90. The van der Waals surface area contributed by atoms with Crippen molar-refractivity contribution in [1.29, 1.82) is 0 Å². The first-order valence-corrected chi connectivity index (χ1v) is 26.6. The fourth-order valence-corrected chi connectivity index (χ4v) is 10.9. The van der Waals surface area contributed by atoms with E-state index < -0.39 is 45.6 Å². The van der Waals surface area contributed by atoms with Crippen LogP contribution in [0.25, 0.3) is 11.1 Å². The Morgan fingerprint density at radius 2 is 1.61 bits per heavy atom. The lowest BCUT2D eigenvalue weighted by molar-refractivity contribution is -0.136. The van der Waals surface area contributed by atoms with Gasteiger partial charge < -0.3 is 26.0 Å². The highest BCUT2D eigenvalue weighted by atomic mass is 32.2. The summed E-state index contributed by atoms with van der Waals surface area (Å²) in [5.74, 6) is -2.08. The lowest BCUT2D eigenvalue weighted by Crippen LogP contribution is -2.54. The molecule has 0 aliphatic carbocycles. The summed E-state index contributed by atoms with van der Waals surface area (Å²) in [5.41, 5.74) is 3.68. The minimum atomic E-state index is -3.36. The summed E-state index contributed by atoms with van der Waals surface area (Å²) in [6, 6.07) is 15.9. The van der Waals surface area contributed by atoms with Crippen LogP contribution in [0.5, 0.6) is 5.88 Å². The Bertz CT molecular complexity index is 2510. The van der Waals surface area contributed by atoms with Gasteiger partial charge in [-0.05, 0) is 66.6 Å². The molecule has 0 bridgehead atoms. The van der Waals surface area contributed by atoms with Gasteiger partial charge in [0.15, 0.2) is 0 Å². The predicted octanol–water partition coefficient (Wildman–Crippen LogP) is 3.44. The van der Waals surface area contributed by atoms with Gasteiger partial charge in [-0.3, -0.25) is 49.1 Å². The van der Waals surface area contributed by atoms with Crippen LogP contribution >= 0.6 is 11.8 Å². The molecule has 0 spiro atoms. The highest BCUT2D eigenvalue weighted by Crippen LogP contribution is 2.33. The average Bonchev–Trinajstić information content (AvgIpc) is 4.09. The van der Waals surface area contributed by atoms with E-state index in [9.17, 15) is 42.0 Å². The van der Waals surface area contributed by atoms with Gasteiger partial charge in [0.2, 0.25) is 45.4 Å². The van der Waals surface area contributed by atoms with Crippen molar-refractivity contribution in [2.45, 2.75) is 94.6 Å². The molecule has 7 rings (SSSR count). The summed E-state index contributed by atoms with van der Waals surface area (Å²) < 4.78 is 30.7. The number of amides is 7. The number of piperidine rings is 1.